The lowest BCUT2D eigenvalue weighted by Gasteiger charge is -2.26. The number of rotatable bonds is 10. The van der Waals surface area contributed by atoms with Crippen molar-refractivity contribution in [2.24, 2.45) is 17.8 Å². The molecule has 1 aliphatic carbocycles. The van der Waals surface area contributed by atoms with E-state index in [0.29, 0.717) is 6.42 Å². The van der Waals surface area contributed by atoms with Crippen LogP contribution in [-0.2, 0) is 14.3 Å². The smallest absolute Gasteiger partial charge is 0.417 e. The maximum Gasteiger partial charge on any atom is 0.417 e. The molecule has 3 rings (SSSR count). The Balaban J connectivity index is 1.76. The normalized spacial score (nSPS) is 26.1. The number of unbranched alkanes of at least 4 members (excludes halogenated alkanes) is 1. The summed E-state index contributed by atoms with van der Waals surface area (Å²) >= 11 is 17.3. The van der Waals surface area contributed by atoms with Gasteiger partial charge in [-0.3, -0.25) is 9.59 Å². The summed E-state index contributed by atoms with van der Waals surface area (Å²) in [6.45, 7) is 5.95. The first-order valence-corrected chi connectivity index (χ1v) is 13.2. The molecule has 1 saturated carbocycles. The lowest BCUT2D eigenvalue weighted by molar-refractivity contribution is -0.134. The molecule has 1 aliphatic heterocycles. The second kappa shape index (κ2) is 11.5. The van der Waals surface area contributed by atoms with Crippen molar-refractivity contribution in [1.82, 2.24) is 10.2 Å². The SMILES string of the molecule is CCCC[C@@H](C(=O)N1C(=O)O[C@@H](c2ccccc2)[C@H]1C)C1CC1[C@H](CCC)NC(=O)C(Cl)(Cl)Cl. The van der Waals surface area contributed by atoms with Crippen LogP contribution >= 0.6 is 34.8 Å². The van der Waals surface area contributed by atoms with Gasteiger partial charge in [0.15, 0.2) is 0 Å². The molecule has 6 nitrogen and oxygen atoms in total. The minimum atomic E-state index is -2.03. The van der Waals surface area contributed by atoms with Crippen LogP contribution in [0.15, 0.2) is 30.3 Å². The molecule has 1 N–H and O–H groups in total. The van der Waals surface area contributed by atoms with E-state index in [1.807, 2.05) is 44.2 Å². The van der Waals surface area contributed by atoms with Crippen LogP contribution in [0.3, 0.4) is 0 Å². The quantitative estimate of drug-likeness (QED) is 0.365. The van der Waals surface area contributed by atoms with Gasteiger partial charge in [0.1, 0.15) is 6.10 Å². The minimum absolute atomic E-state index is 0.0575. The van der Waals surface area contributed by atoms with Gasteiger partial charge in [0.25, 0.3) is 9.70 Å². The second-order valence-electron chi connectivity index (χ2n) is 9.34. The van der Waals surface area contributed by atoms with Gasteiger partial charge in [-0.25, -0.2) is 9.69 Å². The first kappa shape index (κ1) is 27.1. The molecule has 1 heterocycles. The van der Waals surface area contributed by atoms with Crippen LogP contribution in [0.4, 0.5) is 4.79 Å². The summed E-state index contributed by atoms with van der Waals surface area (Å²) in [4.78, 5) is 40.1. The van der Waals surface area contributed by atoms with Crippen LogP contribution in [0.1, 0.15) is 71.0 Å². The van der Waals surface area contributed by atoms with E-state index in [0.717, 1.165) is 37.7 Å². The Morgan fingerprint density at radius 1 is 1.12 bits per heavy atom. The van der Waals surface area contributed by atoms with Crippen LogP contribution < -0.4 is 5.32 Å². The number of imide groups is 1. The number of alkyl halides is 3. The van der Waals surface area contributed by atoms with Crippen molar-refractivity contribution in [2.45, 2.75) is 81.3 Å². The van der Waals surface area contributed by atoms with Crippen LogP contribution in [0.5, 0.6) is 0 Å². The number of hydrogen-bond acceptors (Lipinski definition) is 4. The van der Waals surface area contributed by atoms with E-state index >= 15 is 0 Å². The Morgan fingerprint density at radius 2 is 1.79 bits per heavy atom. The van der Waals surface area contributed by atoms with Crippen molar-refractivity contribution in [3.63, 3.8) is 0 Å². The van der Waals surface area contributed by atoms with Crippen molar-refractivity contribution in [1.29, 1.82) is 0 Å². The molecule has 0 aromatic heterocycles. The summed E-state index contributed by atoms with van der Waals surface area (Å²) < 4.78 is 3.58. The van der Waals surface area contributed by atoms with Gasteiger partial charge in [-0.05, 0) is 43.6 Å². The van der Waals surface area contributed by atoms with E-state index in [-0.39, 0.29) is 29.7 Å². The van der Waals surface area contributed by atoms with Gasteiger partial charge in [-0.2, -0.15) is 0 Å². The summed E-state index contributed by atoms with van der Waals surface area (Å²) in [5.41, 5.74) is 0.866. The molecule has 2 unspecified atom stereocenters. The fraction of sp³-hybridized carbons (Fsp3) is 0.640. The van der Waals surface area contributed by atoms with Crippen molar-refractivity contribution in [3.8, 4) is 0 Å². The van der Waals surface area contributed by atoms with Crippen molar-refractivity contribution in [3.05, 3.63) is 35.9 Å². The summed E-state index contributed by atoms with van der Waals surface area (Å²) in [7, 11) is 0. The summed E-state index contributed by atoms with van der Waals surface area (Å²) in [5, 5.41) is 2.86. The van der Waals surface area contributed by atoms with E-state index in [4.69, 9.17) is 39.5 Å². The molecule has 0 spiro atoms. The molecule has 1 saturated heterocycles. The van der Waals surface area contributed by atoms with E-state index in [1.54, 1.807) is 0 Å². The van der Waals surface area contributed by atoms with Crippen LogP contribution in [-0.4, -0.2) is 38.7 Å². The van der Waals surface area contributed by atoms with E-state index < -0.39 is 27.9 Å². The second-order valence-corrected chi connectivity index (χ2v) is 11.6. The highest BCUT2D eigenvalue weighted by Gasteiger charge is 2.54. The van der Waals surface area contributed by atoms with E-state index in [9.17, 15) is 14.4 Å². The zero-order chi connectivity index (χ0) is 25.0. The van der Waals surface area contributed by atoms with Crippen molar-refractivity contribution < 1.29 is 19.1 Å². The average Bonchev–Trinajstić information content (AvgIpc) is 3.51. The van der Waals surface area contributed by atoms with E-state index in [2.05, 4.69) is 12.2 Å². The fourth-order valence-corrected chi connectivity index (χ4v) is 5.25. The maximum absolute atomic E-state index is 13.7. The molecular formula is C25H33Cl3N2O4. The zero-order valence-electron chi connectivity index (χ0n) is 19.8. The molecule has 34 heavy (non-hydrogen) atoms. The third-order valence-corrected chi connectivity index (χ3v) is 7.43. The Bertz CT molecular complexity index is 877. The van der Waals surface area contributed by atoms with Gasteiger partial charge >= 0.3 is 6.09 Å². The maximum atomic E-state index is 13.7. The first-order chi connectivity index (χ1) is 16.1. The number of ether oxygens (including phenoxy) is 1. The lowest BCUT2D eigenvalue weighted by Crippen LogP contribution is -2.45. The fourth-order valence-electron chi connectivity index (χ4n) is 5.08. The van der Waals surface area contributed by atoms with Gasteiger partial charge in [-0.15, -0.1) is 0 Å². The number of nitrogens with zero attached hydrogens (tertiary/aromatic N) is 1. The summed E-state index contributed by atoms with van der Waals surface area (Å²) in [6.07, 6.45) is 3.75. The number of benzene rings is 1. The third-order valence-electron chi connectivity index (χ3n) is 6.92. The number of carbonyl (C=O) groups is 3. The van der Waals surface area contributed by atoms with Crippen LogP contribution in [0.2, 0.25) is 0 Å². The van der Waals surface area contributed by atoms with Gasteiger partial charge < -0.3 is 10.1 Å². The van der Waals surface area contributed by atoms with Crippen LogP contribution in [0, 0.1) is 17.8 Å². The molecule has 2 aliphatic rings. The molecular weight excluding hydrogens is 499 g/mol. The molecule has 188 valence electrons. The Kier molecular flexibility index (Phi) is 9.16. The number of cyclic esters (lactones) is 1. The highest BCUT2D eigenvalue weighted by atomic mass is 35.6. The Labute approximate surface area is 216 Å². The molecule has 3 amide bonds. The molecule has 2 fully saturated rings. The van der Waals surface area contributed by atoms with E-state index in [1.165, 1.54) is 4.90 Å². The summed E-state index contributed by atoms with van der Waals surface area (Å²) in [5.74, 6) is -1.01. The Morgan fingerprint density at radius 3 is 2.38 bits per heavy atom. The third kappa shape index (κ3) is 6.19. The molecule has 6 atom stereocenters. The monoisotopic (exact) mass is 530 g/mol. The number of halogens is 3. The molecule has 9 heteroatoms. The van der Waals surface area contributed by atoms with Crippen molar-refractivity contribution >= 4 is 52.7 Å². The minimum Gasteiger partial charge on any atom is -0.439 e. The topological polar surface area (TPSA) is 75.7 Å². The Hall–Kier alpha value is -1.50. The van der Waals surface area contributed by atoms with Gasteiger partial charge in [-0.1, -0.05) is 98.2 Å². The highest BCUT2D eigenvalue weighted by molar-refractivity contribution is 6.76. The standard InChI is InChI=1S/C25H33Cl3N2O4/c1-4-6-13-17(18-14-19(18)20(10-5-2)29-23(32)25(26,27)28)22(31)30-15(3)21(34-24(30)33)16-11-8-7-9-12-16/h7-9,11-12,15,17-21H,4-6,10,13-14H2,1-3H3,(H,29,32)/t15-,17-,18?,19?,20+,21-/m1/s1. The summed E-state index contributed by atoms with van der Waals surface area (Å²) in [6, 6.07) is 8.88. The molecule has 0 radical (unpaired) electrons. The lowest BCUT2D eigenvalue weighted by atomic mass is 9.91. The van der Waals surface area contributed by atoms with Gasteiger partial charge in [0.05, 0.1) is 6.04 Å². The molecule has 1 aromatic carbocycles. The number of carbonyl (C=O) groups excluding carboxylic acids is 3. The predicted octanol–water partition coefficient (Wildman–Crippen LogP) is 6.19. The first-order valence-electron chi connectivity index (χ1n) is 12.1. The number of hydrogen-bond donors (Lipinski definition) is 1. The zero-order valence-corrected chi connectivity index (χ0v) is 22.1. The number of amides is 3. The van der Waals surface area contributed by atoms with Gasteiger partial charge in [0, 0.05) is 12.0 Å². The predicted molar refractivity (Wildman–Crippen MR) is 134 cm³/mol. The van der Waals surface area contributed by atoms with Gasteiger partial charge in [0.2, 0.25) is 5.91 Å². The largest absolute Gasteiger partial charge is 0.439 e. The van der Waals surface area contributed by atoms with Crippen LogP contribution in [0.25, 0.3) is 0 Å². The number of nitrogens with one attached hydrogen (secondary N) is 1. The molecule has 1 aromatic rings. The molecule has 0 bridgehead atoms. The van der Waals surface area contributed by atoms with Crippen molar-refractivity contribution in [2.75, 3.05) is 0 Å². The average molecular weight is 532 g/mol. The highest BCUT2D eigenvalue weighted by Crippen LogP contribution is 2.50.